The van der Waals surface area contributed by atoms with Gasteiger partial charge in [-0.25, -0.2) is 4.39 Å². The van der Waals surface area contributed by atoms with Gasteiger partial charge < -0.3 is 5.32 Å². The van der Waals surface area contributed by atoms with Gasteiger partial charge in [0.05, 0.1) is 0 Å². The summed E-state index contributed by atoms with van der Waals surface area (Å²) in [6.45, 7) is 6.39. The van der Waals surface area contributed by atoms with Gasteiger partial charge in [0.2, 0.25) is 0 Å². The fourth-order valence-electron chi connectivity index (χ4n) is 3.09. The fourth-order valence-corrected chi connectivity index (χ4v) is 3.09. The maximum Gasteiger partial charge on any atom is 0.127 e. The van der Waals surface area contributed by atoms with Crippen molar-refractivity contribution in [1.29, 1.82) is 0 Å². The highest BCUT2D eigenvalue weighted by molar-refractivity contribution is 5.23. The molecule has 0 aromatic heterocycles. The van der Waals surface area contributed by atoms with Crippen LogP contribution in [0.15, 0.2) is 24.3 Å². The molecule has 1 aromatic carbocycles. The third kappa shape index (κ3) is 2.57. The third-order valence-electron chi connectivity index (χ3n) is 3.92. The van der Waals surface area contributed by atoms with Crippen molar-refractivity contribution in [2.45, 2.75) is 32.4 Å². The highest BCUT2D eigenvalue weighted by Crippen LogP contribution is 2.39. The quantitative estimate of drug-likeness (QED) is 0.884. The van der Waals surface area contributed by atoms with Crippen LogP contribution < -0.4 is 5.32 Å². The standard InChI is InChI=1S/C15H23FN2/c1-11(2)18-9-8-12(10-17-3)15(18)13-6-4-5-7-14(13)16/h4-7,11-12,15,17H,8-10H2,1-3H3. The minimum atomic E-state index is -0.0730. The summed E-state index contributed by atoms with van der Waals surface area (Å²) >= 11 is 0. The van der Waals surface area contributed by atoms with Gasteiger partial charge in [-0.05, 0) is 52.4 Å². The summed E-state index contributed by atoms with van der Waals surface area (Å²) in [5.41, 5.74) is 0.851. The third-order valence-corrected chi connectivity index (χ3v) is 3.92. The van der Waals surface area contributed by atoms with Gasteiger partial charge >= 0.3 is 0 Å². The Hall–Kier alpha value is -0.930. The van der Waals surface area contributed by atoms with Crippen molar-refractivity contribution in [2.24, 2.45) is 5.92 Å². The van der Waals surface area contributed by atoms with Gasteiger partial charge in [0.1, 0.15) is 5.82 Å². The molecule has 0 aliphatic carbocycles. The molecule has 2 rings (SSSR count). The van der Waals surface area contributed by atoms with E-state index in [1.807, 2.05) is 19.2 Å². The first-order valence-corrected chi connectivity index (χ1v) is 6.80. The molecule has 18 heavy (non-hydrogen) atoms. The van der Waals surface area contributed by atoms with Crippen LogP contribution in [0, 0.1) is 11.7 Å². The van der Waals surface area contributed by atoms with Crippen LogP contribution in [0.1, 0.15) is 31.9 Å². The lowest BCUT2D eigenvalue weighted by molar-refractivity contribution is 0.179. The minimum Gasteiger partial charge on any atom is -0.319 e. The second kappa shape index (κ2) is 5.81. The van der Waals surface area contributed by atoms with Crippen LogP contribution in [0.2, 0.25) is 0 Å². The van der Waals surface area contributed by atoms with E-state index in [1.165, 1.54) is 0 Å². The Labute approximate surface area is 109 Å². The first kappa shape index (κ1) is 13.5. The molecule has 1 fully saturated rings. The maximum absolute atomic E-state index is 14.0. The van der Waals surface area contributed by atoms with Crippen molar-refractivity contribution in [3.05, 3.63) is 35.6 Å². The fraction of sp³-hybridized carbons (Fsp3) is 0.600. The van der Waals surface area contributed by atoms with E-state index in [1.54, 1.807) is 12.1 Å². The Bertz CT molecular complexity index is 392. The zero-order chi connectivity index (χ0) is 13.1. The first-order chi connectivity index (χ1) is 8.65. The van der Waals surface area contributed by atoms with Gasteiger partial charge in [-0.2, -0.15) is 0 Å². The second-order valence-corrected chi connectivity index (χ2v) is 5.40. The monoisotopic (exact) mass is 250 g/mol. The molecule has 100 valence electrons. The molecule has 0 bridgehead atoms. The topological polar surface area (TPSA) is 15.3 Å². The van der Waals surface area contributed by atoms with E-state index >= 15 is 0 Å². The van der Waals surface area contributed by atoms with Gasteiger partial charge in [-0.1, -0.05) is 18.2 Å². The van der Waals surface area contributed by atoms with Crippen LogP contribution in [0.25, 0.3) is 0 Å². The van der Waals surface area contributed by atoms with Gasteiger partial charge in [-0.15, -0.1) is 0 Å². The molecule has 1 N–H and O–H groups in total. The molecule has 2 unspecified atom stereocenters. The Morgan fingerprint density at radius 2 is 2.11 bits per heavy atom. The Morgan fingerprint density at radius 3 is 2.72 bits per heavy atom. The molecule has 0 spiro atoms. The van der Waals surface area contributed by atoms with E-state index in [9.17, 15) is 4.39 Å². The molecule has 1 aliphatic heterocycles. The van der Waals surface area contributed by atoms with E-state index < -0.39 is 0 Å². The van der Waals surface area contributed by atoms with Crippen LogP contribution in [-0.2, 0) is 0 Å². The molecule has 1 heterocycles. The van der Waals surface area contributed by atoms with Crippen molar-refractivity contribution in [3.63, 3.8) is 0 Å². The van der Waals surface area contributed by atoms with Gasteiger partial charge in [0.25, 0.3) is 0 Å². The largest absolute Gasteiger partial charge is 0.319 e. The first-order valence-electron chi connectivity index (χ1n) is 6.80. The normalized spacial score (nSPS) is 24.9. The molecule has 1 aromatic rings. The molecule has 1 aliphatic rings. The van der Waals surface area contributed by atoms with Crippen LogP contribution in [-0.4, -0.2) is 31.1 Å². The maximum atomic E-state index is 14.0. The highest BCUT2D eigenvalue weighted by atomic mass is 19.1. The molecule has 0 saturated carbocycles. The highest BCUT2D eigenvalue weighted by Gasteiger charge is 2.37. The summed E-state index contributed by atoms with van der Waals surface area (Å²) in [6.07, 6.45) is 1.14. The molecule has 2 nitrogen and oxygen atoms in total. The number of halogens is 1. The minimum absolute atomic E-state index is 0.0730. The molecule has 3 heteroatoms. The summed E-state index contributed by atoms with van der Waals surface area (Å²) in [4.78, 5) is 2.42. The number of nitrogens with one attached hydrogen (secondary N) is 1. The number of hydrogen-bond donors (Lipinski definition) is 1. The average Bonchev–Trinajstić information content (AvgIpc) is 2.74. The van der Waals surface area contributed by atoms with Crippen molar-refractivity contribution in [2.75, 3.05) is 20.1 Å². The van der Waals surface area contributed by atoms with E-state index in [2.05, 4.69) is 24.1 Å². The Balaban J connectivity index is 2.31. The van der Waals surface area contributed by atoms with Crippen LogP contribution in [0.4, 0.5) is 4.39 Å². The predicted molar refractivity (Wildman–Crippen MR) is 73.0 cm³/mol. The number of rotatable bonds is 4. The van der Waals surface area contributed by atoms with Crippen molar-refractivity contribution in [3.8, 4) is 0 Å². The predicted octanol–water partition coefficient (Wildman–Crippen LogP) is 2.82. The molecule has 0 amide bonds. The van der Waals surface area contributed by atoms with Gasteiger partial charge in [0.15, 0.2) is 0 Å². The van der Waals surface area contributed by atoms with E-state index in [-0.39, 0.29) is 11.9 Å². The van der Waals surface area contributed by atoms with E-state index in [0.29, 0.717) is 12.0 Å². The van der Waals surface area contributed by atoms with Crippen molar-refractivity contribution >= 4 is 0 Å². The lowest BCUT2D eigenvalue weighted by Crippen LogP contribution is -2.34. The average molecular weight is 250 g/mol. The molecular weight excluding hydrogens is 227 g/mol. The van der Waals surface area contributed by atoms with Crippen molar-refractivity contribution < 1.29 is 4.39 Å². The van der Waals surface area contributed by atoms with Crippen LogP contribution in [0.3, 0.4) is 0 Å². The summed E-state index contributed by atoms with van der Waals surface area (Å²) in [5, 5.41) is 3.24. The van der Waals surface area contributed by atoms with Gasteiger partial charge in [-0.3, -0.25) is 4.90 Å². The van der Waals surface area contributed by atoms with E-state index in [4.69, 9.17) is 0 Å². The van der Waals surface area contributed by atoms with E-state index in [0.717, 1.165) is 25.1 Å². The Morgan fingerprint density at radius 1 is 1.39 bits per heavy atom. The SMILES string of the molecule is CNCC1CCN(C(C)C)C1c1ccccc1F. The van der Waals surface area contributed by atoms with Crippen LogP contribution in [0.5, 0.6) is 0 Å². The molecular formula is C15H23FN2. The second-order valence-electron chi connectivity index (χ2n) is 5.40. The summed E-state index contributed by atoms with van der Waals surface area (Å²) in [6, 6.07) is 7.87. The summed E-state index contributed by atoms with van der Waals surface area (Å²) in [5.74, 6) is 0.422. The number of hydrogen-bond acceptors (Lipinski definition) is 2. The molecule has 2 atom stereocenters. The summed E-state index contributed by atoms with van der Waals surface area (Å²) in [7, 11) is 1.97. The molecule has 1 saturated heterocycles. The zero-order valence-electron chi connectivity index (χ0n) is 11.5. The zero-order valence-corrected chi connectivity index (χ0v) is 11.5. The van der Waals surface area contributed by atoms with Crippen molar-refractivity contribution in [1.82, 2.24) is 10.2 Å². The smallest absolute Gasteiger partial charge is 0.127 e. The summed E-state index contributed by atoms with van der Waals surface area (Å²) < 4.78 is 14.0. The lowest BCUT2D eigenvalue weighted by Gasteiger charge is -2.32. The molecule has 0 radical (unpaired) electrons. The van der Waals surface area contributed by atoms with Crippen LogP contribution >= 0.6 is 0 Å². The number of nitrogens with zero attached hydrogens (tertiary/aromatic N) is 1. The Kier molecular flexibility index (Phi) is 4.36. The van der Waals surface area contributed by atoms with Gasteiger partial charge in [0, 0.05) is 17.6 Å². The lowest BCUT2D eigenvalue weighted by atomic mass is 9.93. The number of likely N-dealkylation sites (tertiary alicyclic amines) is 1. The number of benzene rings is 1.